The molecule has 2 aromatic rings. The fraction of sp³-hybridized carbons (Fsp3) is 0.364. The zero-order valence-corrected chi connectivity index (χ0v) is 18.0. The monoisotopic (exact) mass is 430 g/mol. The summed E-state index contributed by atoms with van der Waals surface area (Å²) in [5, 5.41) is 6.56. The number of nitrogens with one attached hydrogen (secondary N) is 2. The molecule has 1 fully saturated rings. The fourth-order valence-electron chi connectivity index (χ4n) is 3.18. The number of hydrogen-bond acceptors (Lipinski definition) is 5. The minimum absolute atomic E-state index is 0.0275. The summed E-state index contributed by atoms with van der Waals surface area (Å²) >= 11 is 6.16. The van der Waals surface area contributed by atoms with Crippen molar-refractivity contribution in [1.82, 2.24) is 4.90 Å². The first kappa shape index (κ1) is 21.9. The number of nitrogens with zero attached hydrogens (tertiary/aromatic N) is 2. The summed E-state index contributed by atoms with van der Waals surface area (Å²) in [6.07, 6.45) is 0. The molecule has 0 unspecified atom stereocenters. The highest BCUT2D eigenvalue weighted by molar-refractivity contribution is 6.31. The molecule has 2 N–H and O–H groups in total. The van der Waals surface area contributed by atoms with Gasteiger partial charge in [-0.1, -0.05) is 29.3 Å². The number of amides is 2. The van der Waals surface area contributed by atoms with Crippen LogP contribution in [0.25, 0.3) is 0 Å². The maximum absolute atomic E-state index is 12.5. The molecule has 1 aliphatic rings. The quantitative estimate of drug-likeness (QED) is 0.706. The summed E-state index contributed by atoms with van der Waals surface area (Å²) in [7, 11) is 1.61. The lowest BCUT2D eigenvalue weighted by atomic mass is 10.2. The number of carbonyl (C=O) groups is 2. The number of rotatable bonds is 7. The number of carbonyl (C=O) groups excluding carboxylic acids is 2. The van der Waals surface area contributed by atoms with E-state index >= 15 is 0 Å². The van der Waals surface area contributed by atoms with E-state index in [9.17, 15) is 9.59 Å². The van der Waals surface area contributed by atoms with Crippen LogP contribution < -0.4 is 15.5 Å². The van der Waals surface area contributed by atoms with Gasteiger partial charge in [0.05, 0.1) is 37.7 Å². The summed E-state index contributed by atoms with van der Waals surface area (Å²) in [5.41, 5.74) is 3.59. The molecular formula is C22H27ClN4O3. The molecule has 0 bridgehead atoms. The summed E-state index contributed by atoms with van der Waals surface area (Å²) in [5.74, 6) is -0.437. The molecule has 30 heavy (non-hydrogen) atoms. The van der Waals surface area contributed by atoms with E-state index in [1.165, 1.54) is 4.90 Å². The highest BCUT2D eigenvalue weighted by Crippen LogP contribution is 2.29. The molecule has 0 atom stereocenters. The smallest absolute Gasteiger partial charge is 0.243 e. The lowest BCUT2D eigenvalue weighted by Crippen LogP contribution is -2.39. The van der Waals surface area contributed by atoms with Gasteiger partial charge < -0.3 is 25.2 Å². The Labute approximate surface area is 181 Å². The summed E-state index contributed by atoms with van der Waals surface area (Å²) in [6.45, 7) is 4.91. The van der Waals surface area contributed by atoms with Crippen molar-refractivity contribution in [1.29, 1.82) is 0 Å². The van der Waals surface area contributed by atoms with Gasteiger partial charge in [0.2, 0.25) is 11.8 Å². The highest BCUT2D eigenvalue weighted by atomic mass is 35.5. The SMILES string of the molecule is Cc1ccc(NC(=O)CN(C)C(=O)CNc2cc(Cl)ccc2N2CCOCC2)cc1. The maximum Gasteiger partial charge on any atom is 0.243 e. The molecule has 7 nitrogen and oxygen atoms in total. The third-order valence-corrected chi connectivity index (χ3v) is 5.12. The van der Waals surface area contributed by atoms with Crippen LogP contribution in [0.1, 0.15) is 5.56 Å². The van der Waals surface area contributed by atoms with E-state index in [1.807, 2.05) is 49.4 Å². The van der Waals surface area contributed by atoms with Crippen molar-refractivity contribution < 1.29 is 14.3 Å². The van der Waals surface area contributed by atoms with Gasteiger partial charge in [0.15, 0.2) is 0 Å². The molecule has 0 aliphatic carbocycles. The van der Waals surface area contributed by atoms with Crippen LogP contribution >= 0.6 is 11.6 Å². The maximum atomic E-state index is 12.5. The minimum atomic E-state index is -0.244. The molecular weight excluding hydrogens is 404 g/mol. The summed E-state index contributed by atoms with van der Waals surface area (Å²) in [4.78, 5) is 28.4. The molecule has 1 aliphatic heterocycles. The van der Waals surface area contributed by atoms with Crippen molar-refractivity contribution in [2.75, 3.05) is 62.0 Å². The van der Waals surface area contributed by atoms with Crippen LogP contribution in [0.3, 0.4) is 0 Å². The lowest BCUT2D eigenvalue weighted by molar-refractivity contribution is -0.131. The minimum Gasteiger partial charge on any atom is -0.378 e. The second-order valence-electron chi connectivity index (χ2n) is 7.28. The Balaban J connectivity index is 1.55. The average Bonchev–Trinajstić information content (AvgIpc) is 2.74. The average molecular weight is 431 g/mol. The first-order valence-corrected chi connectivity index (χ1v) is 10.3. The van der Waals surface area contributed by atoms with E-state index in [0.29, 0.717) is 23.9 Å². The van der Waals surface area contributed by atoms with E-state index in [-0.39, 0.29) is 24.9 Å². The van der Waals surface area contributed by atoms with E-state index < -0.39 is 0 Å². The van der Waals surface area contributed by atoms with Crippen molar-refractivity contribution >= 4 is 40.5 Å². The van der Waals surface area contributed by atoms with Crippen LogP contribution in [0.4, 0.5) is 17.1 Å². The molecule has 2 aromatic carbocycles. The number of ether oxygens (including phenoxy) is 1. The normalized spacial score (nSPS) is 13.6. The van der Waals surface area contributed by atoms with Crippen LogP contribution in [0.15, 0.2) is 42.5 Å². The Morgan fingerprint density at radius 2 is 1.83 bits per heavy atom. The van der Waals surface area contributed by atoms with Gasteiger partial charge in [0.25, 0.3) is 0 Å². The Hall–Kier alpha value is -2.77. The largest absolute Gasteiger partial charge is 0.378 e. The zero-order valence-electron chi connectivity index (χ0n) is 17.3. The van der Waals surface area contributed by atoms with Gasteiger partial charge >= 0.3 is 0 Å². The number of benzene rings is 2. The number of aryl methyl sites for hydroxylation is 1. The second-order valence-corrected chi connectivity index (χ2v) is 7.71. The standard InChI is InChI=1S/C22H27ClN4O3/c1-16-3-6-18(7-4-16)25-21(28)15-26(2)22(29)14-24-19-13-17(23)5-8-20(19)27-9-11-30-12-10-27/h3-8,13,24H,9-12,14-15H2,1-2H3,(H,25,28). The van der Waals surface area contributed by atoms with E-state index in [0.717, 1.165) is 30.0 Å². The number of hydrogen-bond donors (Lipinski definition) is 2. The Bertz CT molecular complexity index is 882. The van der Waals surface area contributed by atoms with Gasteiger partial charge in [-0.2, -0.15) is 0 Å². The van der Waals surface area contributed by atoms with Crippen molar-refractivity contribution in [2.45, 2.75) is 6.92 Å². The Morgan fingerprint density at radius 3 is 2.53 bits per heavy atom. The van der Waals surface area contributed by atoms with Crippen LogP contribution in [0, 0.1) is 6.92 Å². The molecule has 0 radical (unpaired) electrons. The van der Waals surface area contributed by atoms with Crippen molar-refractivity contribution in [2.24, 2.45) is 0 Å². The highest BCUT2D eigenvalue weighted by Gasteiger charge is 2.17. The van der Waals surface area contributed by atoms with Crippen LogP contribution in [-0.4, -0.2) is 63.2 Å². The van der Waals surface area contributed by atoms with E-state index in [4.69, 9.17) is 16.3 Å². The van der Waals surface area contributed by atoms with Crippen molar-refractivity contribution in [3.05, 3.63) is 53.1 Å². The molecule has 1 saturated heterocycles. The summed E-state index contributed by atoms with van der Waals surface area (Å²) in [6, 6.07) is 13.1. The fourth-order valence-corrected chi connectivity index (χ4v) is 3.35. The first-order valence-electron chi connectivity index (χ1n) is 9.89. The van der Waals surface area contributed by atoms with Crippen molar-refractivity contribution in [3.63, 3.8) is 0 Å². The van der Waals surface area contributed by atoms with E-state index in [2.05, 4.69) is 15.5 Å². The predicted octanol–water partition coefficient (Wildman–Crippen LogP) is 2.99. The number of likely N-dealkylation sites (N-methyl/N-ethyl adjacent to an activating group) is 1. The molecule has 0 saturated carbocycles. The number of morpholine rings is 1. The molecule has 3 rings (SSSR count). The third kappa shape index (κ3) is 6.11. The zero-order chi connectivity index (χ0) is 21.5. The molecule has 1 heterocycles. The van der Waals surface area contributed by atoms with Gasteiger partial charge in [-0.25, -0.2) is 0 Å². The molecule has 160 valence electrons. The van der Waals surface area contributed by atoms with Crippen LogP contribution in [-0.2, 0) is 14.3 Å². The molecule has 8 heteroatoms. The first-order chi connectivity index (χ1) is 14.4. The van der Waals surface area contributed by atoms with Crippen molar-refractivity contribution in [3.8, 4) is 0 Å². The van der Waals surface area contributed by atoms with Gasteiger partial charge in [-0.15, -0.1) is 0 Å². The van der Waals surface area contributed by atoms with E-state index in [1.54, 1.807) is 7.05 Å². The molecule has 2 amide bonds. The summed E-state index contributed by atoms with van der Waals surface area (Å²) < 4.78 is 5.41. The predicted molar refractivity (Wildman–Crippen MR) is 120 cm³/mol. The molecule has 0 spiro atoms. The van der Waals surface area contributed by atoms with Gasteiger partial charge in [0, 0.05) is 30.8 Å². The van der Waals surface area contributed by atoms with Gasteiger partial charge in [0.1, 0.15) is 0 Å². The number of halogens is 1. The topological polar surface area (TPSA) is 73.9 Å². The number of anilines is 3. The lowest BCUT2D eigenvalue weighted by Gasteiger charge is -2.31. The molecule has 0 aromatic heterocycles. The Morgan fingerprint density at radius 1 is 1.13 bits per heavy atom. The van der Waals surface area contributed by atoms with Crippen LogP contribution in [0.2, 0.25) is 5.02 Å². The Kier molecular flexibility index (Phi) is 7.54. The second kappa shape index (κ2) is 10.3. The van der Waals surface area contributed by atoms with Gasteiger partial charge in [-0.05, 0) is 37.3 Å². The third-order valence-electron chi connectivity index (χ3n) is 4.88. The van der Waals surface area contributed by atoms with Crippen LogP contribution in [0.5, 0.6) is 0 Å². The van der Waals surface area contributed by atoms with Gasteiger partial charge in [-0.3, -0.25) is 9.59 Å².